The van der Waals surface area contributed by atoms with Crippen LogP contribution in [-0.4, -0.2) is 0 Å². The molecule has 0 aliphatic carbocycles. The molecule has 1 aromatic heterocycles. The Bertz CT molecular complexity index is 742. The highest BCUT2D eigenvalue weighted by Crippen LogP contribution is 2.36. The lowest BCUT2D eigenvalue weighted by Gasteiger charge is -2.20. The standard InChI is InChI=1S/C21H23PS/c1-4-7-21-20(12-13-23-21)22(18-10-5-8-16(2)14-18)19-11-6-9-17(3)15-19/h5-6,8-15H,4,7H2,1-3H3. The summed E-state index contributed by atoms with van der Waals surface area (Å²) in [4.78, 5) is 1.56. The van der Waals surface area contributed by atoms with Crippen LogP contribution in [0.2, 0.25) is 0 Å². The van der Waals surface area contributed by atoms with E-state index in [1.54, 1.807) is 10.2 Å². The van der Waals surface area contributed by atoms with Crippen LogP contribution in [0.5, 0.6) is 0 Å². The molecule has 0 atom stereocenters. The summed E-state index contributed by atoms with van der Waals surface area (Å²) >= 11 is 1.92. The average molecular weight is 338 g/mol. The van der Waals surface area contributed by atoms with Gasteiger partial charge in [-0.3, -0.25) is 0 Å². The summed E-state index contributed by atoms with van der Waals surface area (Å²) in [5, 5.41) is 6.73. The fourth-order valence-electron chi connectivity index (χ4n) is 2.91. The van der Waals surface area contributed by atoms with Gasteiger partial charge in [-0.2, -0.15) is 0 Å². The maximum Gasteiger partial charge on any atom is 0.0128 e. The maximum absolute atomic E-state index is 2.36. The van der Waals surface area contributed by atoms with Crippen LogP contribution in [0.1, 0.15) is 29.3 Å². The van der Waals surface area contributed by atoms with Gasteiger partial charge in [0.15, 0.2) is 0 Å². The third-order valence-electron chi connectivity index (χ3n) is 3.96. The van der Waals surface area contributed by atoms with Crippen molar-refractivity contribution in [2.45, 2.75) is 33.6 Å². The molecule has 0 aliphatic heterocycles. The second-order valence-corrected chi connectivity index (χ2v) is 9.18. The summed E-state index contributed by atoms with van der Waals surface area (Å²) in [6.07, 6.45) is 2.39. The topological polar surface area (TPSA) is 0 Å². The zero-order chi connectivity index (χ0) is 16.2. The van der Waals surface area contributed by atoms with Crippen LogP contribution in [0.3, 0.4) is 0 Å². The molecule has 2 aromatic carbocycles. The Morgan fingerprint density at radius 3 is 2.00 bits per heavy atom. The lowest BCUT2D eigenvalue weighted by atomic mass is 10.2. The largest absolute Gasteiger partial charge is 0.148 e. The van der Waals surface area contributed by atoms with Gasteiger partial charge in [-0.25, -0.2) is 0 Å². The van der Waals surface area contributed by atoms with Gasteiger partial charge >= 0.3 is 0 Å². The number of rotatable bonds is 5. The summed E-state index contributed by atoms with van der Waals surface area (Å²) in [6, 6.07) is 20.4. The van der Waals surface area contributed by atoms with Crippen molar-refractivity contribution < 1.29 is 0 Å². The van der Waals surface area contributed by atoms with E-state index in [0.29, 0.717) is 0 Å². The van der Waals surface area contributed by atoms with Gasteiger partial charge in [0.1, 0.15) is 0 Å². The molecule has 23 heavy (non-hydrogen) atoms. The maximum atomic E-state index is 2.36. The van der Waals surface area contributed by atoms with E-state index in [9.17, 15) is 0 Å². The minimum atomic E-state index is -0.463. The van der Waals surface area contributed by atoms with Gasteiger partial charge in [-0.05, 0) is 55.5 Å². The normalized spacial score (nSPS) is 11.1. The molecule has 0 spiro atoms. The van der Waals surface area contributed by atoms with Crippen LogP contribution in [-0.2, 0) is 6.42 Å². The Morgan fingerprint density at radius 1 is 0.870 bits per heavy atom. The van der Waals surface area contributed by atoms with Gasteiger partial charge in [0.05, 0.1) is 0 Å². The first-order chi connectivity index (χ1) is 11.2. The van der Waals surface area contributed by atoms with Crippen molar-refractivity contribution in [3.63, 3.8) is 0 Å². The van der Waals surface area contributed by atoms with E-state index in [0.717, 1.165) is 0 Å². The van der Waals surface area contributed by atoms with Gasteiger partial charge in [-0.1, -0.05) is 73.0 Å². The summed E-state index contributed by atoms with van der Waals surface area (Å²) < 4.78 is 0. The molecule has 0 nitrogen and oxygen atoms in total. The van der Waals surface area contributed by atoms with Crippen LogP contribution < -0.4 is 15.9 Å². The molecule has 0 bridgehead atoms. The number of hydrogen-bond acceptors (Lipinski definition) is 1. The monoisotopic (exact) mass is 338 g/mol. The predicted molar refractivity (Wildman–Crippen MR) is 106 cm³/mol. The fourth-order valence-corrected chi connectivity index (χ4v) is 6.90. The minimum absolute atomic E-state index is 0.463. The van der Waals surface area contributed by atoms with E-state index in [-0.39, 0.29) is 0 Å². The van der Waals surface area contributed by atoms with Gasteiger partial charge in [0, 0.05) is 4.88 Å². The van der Waals surface area contributed by atoms with Crippen LogP contribution in [0, 0.1) is 13.8 Å². The van der Waals surface area contributed by atoms with E-state index in [1.807, 2.05) is 11.3 Å². The number of benzene rings is 2. The molecule has 0 fully saturated rings. The zero-order valence-electron chi connectivity index (χ0n) is 14.0. The Hall–Kier alpha value is -1.43. The quantitative estimate of drug-likeness (QED) is 0.569. The van der Waals surface area contributed by atoms with Crippen molar-refractivity contribution in [3.05, 3.63) is 76.0 Å². The van der Waals surface area contributed by atoms with E-state index >= 15 is 0 Å². The molecular weight excluding hydrogens is 315 g/mol. The Kier molecular flexibility index (Phi) is 5.30. The lowest BCUT2D eigenvalue weighted by Crippen LogP contribution is -2.22. The first-order valence-electron chi connectivity index (χ1n) is 8.19. The third-order valence-corrected chi connectivity index (χ3v) is 7.58. The molecule has 2 heteroatoms. The summed E-state index contributed by atoms with van der Waals surface area (Å²) in [7, 11) is -0.463. The van der Waals surface area contributed by atoms with Crippen molar-refractivity contribution in [2.75, 3.05) is 0 Å². The fraction of sp³-hybridized carbons (Fsp3) is 0.238. The molecule has 118 valence electrons. The van der Waals surface area contributed by atoms with Crippen LogP contribution in [0.15, 0.2) is 60.0 Å². The molecule has 0 saturated carbocycles. The van der Waals surface area contributed by atoms with E-state index in [2.05, 4.69) is 80.7 Å². The first kappa shape index (κ1) is 16.4. The summed E-state index contributed by atoms with van der Waals surface area (Å²) in [5.41, 5.74) is 2.69. The number of aryl methyl sites for hydroxylation is 3. The zero-order valence-corrected chi connectivity index (χ0v) is 15.8. The molecule has 3 aromatic rings. The van der Waals surface area contributed by atoms with Crippen molar-refractivity contribution in [1.82, 2.24) is 0 Å². The van der Waals surface area contributed by atoms with Crippen molar-refractivity contribution in [1.29, 1.82) is 0 Å². The second-order valence-electron chi connectivity index (χ2n) is 5.99. The molecule has 3 rings (SSSR count). The molecule has 0 saturated heterocycles. The molecule has 0 N–H and O–H groups in total. The molecular formula is C21H23PS. The van der Waals surface area contributed by atoms with Gasteiger partial charge in [0.2, 0.25) is 0 Å². The van der Waals surface area contributed by atoms with Crippen LogP contribution >= 0.6 is 19.3 Å². The average Bonchev–Trinajstić information content (AvgIpc) is 2.96. The highest BCUT2D eigenvalue weighted by molar-refractivity contribution is 7.80. The van der Waals surface area contributed by atoms with E-state index in [1.165, 1.54) is 34.6 Å². The van der Waals surface area contributed by atoms with Gasteiger partial charge < -0.3 is 0 Å². The lowest BCUT2D eigenvalue weighted by molar-refractivity contribution is 0.944. The van der Waals surface area contributed by atoms with Gasteiger partial charge in [0.25, 0.3) is 0 Å². The van der Waals surface area contributed by atoms with E-state index in [4.69, 9.17) is 0 Å². The number of hydrogen-bond donors (Lipinski definition) is 0. The smallest absolute Gasteiger partial charge is 0.0128 e. The van der Waals surface area contributed by atoms with E-state index < -0.39 is 7.92 Å². The molecule has 1 heterocycles. The summed E-state index contributed by atoms with van der Waals surface area (Å²) in [5.74, 6) is 0. The Labute approximate surface area is 145 Å². The predicted octanol–water partition coefficient (Wildman–Crippen LogP) is 5.08. The van der Waals surface area contributed by atoms with Crippen molar-refractivity contribution >= 4 is 35.2 Å². The molecule has 0 radical (unpaired) electrons. The SMILES string of the molecule is CCCc1sccc1P(c1cccc(C)c1)c1cccc(C)c1. The Morgan fingerprint density at radius 2 is 1.48 bits per heavy atom. The number of thiophene rings is 1. The van der Waals surface area contributed by atoms with Crippen LogP contribution in [0.25, 0.3) is 0 Å². The summed E-state index contributed by atoms with van der Waals surface area (Å²) in [6.45, 7) is 6.65. The Balaban J connectivity index is 2.15. The molecule has 0 unspecified atom stereocenters. The first-order valence-corrected chi connectivity index (χ1v) is 10.4. The molecule has 0 amide bonds. The molecule has 0 aliphatic rings. The van der Waals surface area contributed by atoms with Gasteiger partial charge in [-0.15, -0.1) is 11.3 Å². The van der Waals surface area contributed by atoms with Crippen molar-refractivity contribution in [3.8, 4) is 0 Å². The van der Waals surface area contributed by atoms with Crippen molar-refractivity contribution in [2.24, 2.45) is 0 Å². The van der Waals surface area contributed by atoms with Crippen LogP contribution in [0.4, 0.5) is 0 Å². The second kappa shape index (κ2) is 7.43. The third kappa shape index (κ3) is 3.74. The minimum Gasteiger partial charge on any atom is -0.148 e. The highest BCUT2D eigenvalue weighted by atomic mass is 32.1. The highest BCUT2D eigenvalue weighted by Gasteiger charge is 2.20.